The van der Waals surface area contributed by atoms with Crippen molar-refractivity contribution < 1.29 is 28.2 Å². The van der Waals surface area contributed by atoms with Crippen molar-refractivity contribution in [2.24, 2.45) is 0 Å². The summed E-state index contributed by atoms with van der Waals surface area (Å²) in [5.74, 6) is 2.63. The topological polar surface area (TPSA) is 72.2 Å². The molecular weight excluding hydrogens is 350 g/mol. The van der Waals surface area contributed by atoms with Crippen molar-refractivity contribution in [3.63, 3.8) is 0 Å². The molecule has 1 aromatic heterocycles. The van der Waals surface area contributed by atoms with E-state index in [1.54, 1.807) is 47.9 Å². The zero-order valence-electron chi connectivity index (χ0n) is 15.9. The van der Waals surface area contributed by atoms with Gasteiger partial charge in [-0.1, -0.05) is 5.16 Å². The van der Waals surface area contributed by atoms with E-state index >= 15 is 0 Å². The molecule has 0 N–H and O–H groups in total. The number of benzene rings is 2. The van der Waals surface area contributed by atoms with Gasteiger partial charge in [0, 0.05) is 11.1 Å². The fourth-order valence-electron chi connectivity index (χ4n) is 2.92. The summed E-state index contributed by atoms with van der Waals surface area (Å²) in [4.78, 5) is 0. The lowest BCUT2D eigenvalue weighted by molar-refractivity contribution is 0.306. The van der Waals surface area contributed by atoms with E-state index in [1.165, 1.54) is 0 Å². The minimum atomic E-state index is 0.427. The maximum Gasteiger partial charge on any atom is 0.207 e. The summed E-state index contributed by atoms with van der Waals surface area (Å²) in [7, 11) is 7.83. The van der Waals surface area contributed by atoms with E-state index < -0.39 is 0 Å². The second-order valence-electron chi connectivity index (χ2n) is 5.53. The molecule has 0 amide bonds. The Morgan fingerprint density at radius 1 is 0.704 bits per heavy atom. The number of aromatic nitrogens is 1. The second kappa shape index (κ2) is 7.90. The number of hydrogen-bond donors (Lipinski definition) is 0. The summed E-state index contributed by atoms with van der Waals surface area (Å²) in [5.41, 5.74) is 2.97. The number of ether oxygens (including phenoxy) is 5. The molecule has 2 aromatic carbocycles. The first-order valence-corrected chi connectivity index (χ1v) is 8.14. The van der Waals surface area contributed by atoms with Gasteiger partial charge >= 0.3 is 0 Å². The Labute approximate surface area is 157 Å². The lowest BCUT2D eigenvalue weighted by Crippen LogP contribution is -2.00. The lowest BCUT2D eigenvalue weighted by Gasteiger charge is -2.18. The monoisotopic (exact) mass is 371 g/mol. The normalized spacial score (nSPS) is 10.4. The minimum absolute atomic E-state index is 0.427. The van der Waals surface area contributed by atoms with Crippen LogP contribution in [0.25, 0.3) is 22.4 Å². The standard InChI is InChI=1S/C20H21NO6/c1-22-13-8-6-12(7-9-13)17-15(11-27-21-17)14-10-16(23-2)19(25-4)20(26-5)18(14)24-3/h6-11H,1-5H3. The van der Waals surface area contributed by atoms with E-state index in [9.17, 15) is 0 Å². The van der Waals surface area contributed by atoms with E-state index in [2.05, 4.69) is 5.16 Å². The van der Waals surface area contributed by atoms with Crippen LogP contribution < -0.4 is 23.7 Å². The van der Waals surface area contributed by atoms with E-state index in [0.717, 1.165) is 16.9 Å². The highest BCUT2D eigenvalue weighted by Crippen LogP contribution is 2.51. The van der Waals surface area contributed by atoms with Gasteiger partial charge in [0.2, 0.25) is 11.5 Å². The molecule has 1 heterocycles. The largest absolute Gasteiger partial charge is 0.497 e. The van der Waals surface area contributed by atoms with Crippen molar-refractivity contribution in [2.45, 2.75) is 0 Å². The van der Waals surface area contributed by atoms with Crippen molar-refractivity contribution in [2.75, 3.05) is 35.5 Å². The average Bonchev–Trinajstić information content (AvgIpc) is 3.21. The summed E-state index contributed by atoms with van der Waals surface area (Å²) >= 11 is 0. The quantitative estimate of drug-likeness (QED) is 0.620. The van der Waals surface area contributed by atoms with E-state index in [1.807, 2.05) is 24.3 Å². The maximum atomic E-state index is 5.61. The van der Waals surface area contributed by atoms with Crippen molar-refractivity contribution in [1.82, 2.24) is 5.16 Å². The molecule has 0 atom stereocenters. The molecule has 0 unspecified atom stereocenters. The summed E-state index contributed by atoms with van der Waals surface area (Å²) < 4.78 is 32.5. The van der Waals surface area contributed by atoms with Crippen LogP contribution in [0.4, 0.5) is 0 Å². The van der Waals surface area contributed by atoms with E-state index in [4.69, 9.17) is 28.2 Å². The maximum absolute atomic E-state index is 5.61. The number of methoxy groups -OCH3 is 5. The Bertz CT molecular complexity index is 917. The Morgan fingerprint density at radius 2 is 1.37 bits per heavy atom. The van der Waals surface area contributed by atoms with Gasteiger partial charge < -0.3 is 28.2 Å². The van der Waals surface area contributed by atoms with Crippen LogP contribution in [0.15, 0.2) is 41.1 Å². The lowest BCUT2D eigenvalue weighted by atomic mass is 9.99. The Balaban J connectivity index is 2.21. The van der Waals surface area contributed by atoms with Crippen molar-refractivity contribution in [3.8, 4) is 51.1 Å². The molecule has 0 radical (unpaired) electrons. The molecule has 7 nitrogen and oxygen atoms in total. The summed E-state index contributed by atoms with van der Waals surface area (Å²) in [6.07, 6.45) is 1.56. The van der Waals surface area contributed by atoms with Gasteiger partial charge in [-0.05, 0) is 30.3 Å². The first-order valence-electron chi connectivity index (χ1n) is 8.14. The number of nitrogens with zero attached hydrogens (tertiary/aromatic N) is 1. The van der Waals surface area contributed by atoms with Crippen LogP contribution in [-0.4, -0.2) is 40.7 Å². The molecule has 0 bridgehead atoms. The van der Waals surface area contributed by atoms with Crippen LogP contribution in [0, 0.1) is 0 Å². The predicted molar refractivity (Wildman–Crippen MR) is 100 cm³/mol. The van der Waals surface area contributed by atoms with Crippen LogP contribution in [0.3, 0.4) is 0 Å². The number of rotatable bonds is 7. The molecule has 27 heavy (non-hydrogen) atoms. The zero-order chi connectivity index (χ0) is 19.4. The van der Waals surface area contributed by atoms with Gasteiger partial charge in [0.15, 0.2) is 11.5 Å². The molecule has 7 heteroatoms. The molecule has 0 saturated heterocycles. The third-order valence-electron chi connectivity index (χ3n) is 4.21. The number of hydrogen-bond acceptors (Lipinski definition) is 7. The Kier molecular flexibility index (Phi) is 5.40. The fourth-order valence-corrected chi connectivity index (χ4v) is 2.92. The molecule has 142 valence electrons. The third-order valence-corrected chi connectivity index (χ3v) is 4.21. The van der Waals surface area contributed by atoms with Crippen molar-refractivity contribution in [3.05, 3.63) is 36.6 Å². The zero-order valence-corrected chi connectivity index (χ0v) is 15.9. The van der Waals surface area contributed by atoms with Crippen LogP contribution in [0.2, 0.25) is 0 Å². The SMILES string of the molecule is COc1ccc(-c2nocc2-c2cc(OC)c(OC)c(OC)c2OC)cc1. The predicted octanol–water partition coefficient (Wildman–Crippen LogP) is 4.05. The van der Waals surface area contributed by atoms with Crippen LogP contribution in [0.5, 0.6) is 28.7 Å². The summed E-state index contributed by atoms with van der Waals surface area (Å²) in [6, 6.07) is 9.34. The molecule has 0 saturated carbocycles. The van der Waals surface area contributed by atoms with Crippen LogP contribution >= 0.6 is 0 Å². The molecule has 0 aliphatic rings. The second-order valence-corrected chi connectivity index (χ2v) is 5.53. The van der Waals surface area contributed by atoms with Gasteiger partial charge in [-0.3, -0.25) is 0 Å². The van der Waals surface area contributed by atoms with E-state index in [-0.39, 0.29) is 0 Å². The minimum Gasteiger partial charge on any atom is -0.497 e. The third kappa shape index (κ3) is 3.23. The molecule has 3 aromatic rings. The van der Waals surface area contributed by atoms with Gasteiger partial charge in [-0.15, -0.1) is 0 Å². The molecule has 0 fully saturated rings. The van der Waals surface area contributed by atoms with Crippen LogP contribution in [0.1, 0.15) is 0 Å². The van der Waals surface area contributed by atoms with Gasteiger partial charge in [-0.2, -0.15) is 0 Å². The molecule has 0 aliphatic heterocycles. The molecule has 0 aliphatic carbocycles. The van der Waals surface area contributed by atoms with Gasteiger partial charge in [-0.25, -0.2) is 0 Å². The van der Waals surface area contributed by atoms with Gasteiger partial charge in [0.25, 0.3) is 0 Å². The molecular formula is C20H21NO6. The highest BCUT2D eigenvalue weighted by molar-refractivity contribution is 5.87. The average molecular weight is 371 g/mol. The highest BCUT2D eigenvalue weighted by atomic mass is 16.5. The summed E-state index contributed by atoms with van der Waals surface area (Å²) in [5, 5.41) is 4.16. The van der Waals surface area contributed by atoms with Crippen molar-refractivity contribution >= 4 is 0 Å². The smallest absolute Gasteiger partial charge is 0.207 e. The first-order chi connectivity index (χ1) is 13.2. The Morgan fingerprint density at radius 3 is 1.93 bits per heavy atom. The molecule has 0 spiro atoms. The highest BCUT2D eigenvalue weighted by Gasteiger charge is 2.25. The van der Waals surface area contributed by atoms with E-state index in [0.29, 0.717) is 34.3 Å². The first kappa shape index (κ1) is 18.4. The fraction of sp³-hybridized carbons (Fsp3) is 0.250. The Hall–Kier alpha value is -3.35. The summed E-state index contributed by atoms with van der Waals surface area (Å²) in [6.45, 7) is 0. The van der Waals surface area contributed by atoms with Crippen molar-refractivity contribution in [1.29, 1.82) is 0 Å². The van der Waals surface area contributed by atoms with Gasteiger partial charge in [0.1, 0.15) is 17.7 Å². The van der Waals surface area contributed by atoms with Crippen LogP contribution in [-0.2, 0) is 0 Å². The van der Waals surface area contributed by atoms with Gasteiger partial charge in [0.05, 0.1) is 41.1 Å². The molecule has 3 rings (SSSR count).